The third-order valence-corrected chi connectivity index (χ3v) is 4.39. The van der Waals surface area contributed by atoms with Crippen LogP contribution in [0.15, 0.2) is 16.9 Å². The van der Waals surface area contributed by atoms with Crippen molar-refractivity contribution in [2.75, 3.05) is 25.1 Å². The van der Waals surface area contributed by atoms with Gasteiger partial charge < -0.3 is 19.7 Å². The fourth-order valence-electron chi connectivity index (χ4n) is 2.73. The van der Waals surface area contributed by atoms with Crippen LogP contribution in [0.2, 0.25) is 0 Å². The fraction of sp³-hybridized carbons (Fsp3) is 0.588. The van der Waals surface area contributed by atoms with E-state index < -0.39 is 17.7 Å². The number of anilines is 1. The molecule has 8 heteroatoms. The van der Waals surface area contributed by atoms with Gasteiger partial charge in [0, 0.05) is 31.5 Å². The minimum Gasteiger partial charge on any atom is -0.465 e. The van der Waals surface area contributed by atoms with E-state index in [4.69, 9.17) is 9.47 Å². The van der Waals surface area contributed by atoms with E-state index in [1.807, 2.05) is 20.8 Å². The molecule has 1 aromatic heterocycles. The molecule has 0 saturated carbocycles. The summed E-state index contributed by atoms with van der Waals surface area (Å²) in [5.41, 5.74) is 0.690. The highest BCUT2D eigenvalue weighted by Gasteiger charge is 2.27. The Morgan fingerprint density at radius 2 is 1.92 bits per heavy atom. The van der Waals surface area contributed by atoms with Crippen LogP contribution in [-0.4, -0.2) is 48.9 Å². The molecule has 0 spiro atoms. The van der Waals surface area contributed by atoms with Crippen LogP contribution in [0.5, 0.6) is 0 Å². The molecule has 25 heavy (non-hydrogen) atoms. The fourth-order valence-corrected chi connectivity index (χ4v) is 3.31. The van der Waals surface area contributed by atoms with Crippen LogP contribution in [0, 0.1) is 0 Å². The van der Waals surface area contributed by atoms with Crippen LogP contribution < -0.4 is 10.2 Å². The summed E-state index contributed by atoms with van der Waals surface area (Å²) in [6.45, 7) is 6.92. The third-order valence-electron chi connectivity index (χ3n) is 3.81. The standard InChI is InChI=1S/C17H24BrN3O4/c1-17(2,3)25-16(23)20-11-5-7-21(8-6-11)14-12(15(22)24-4)9-19-10-13(14)18/h9-11H,5-8H2,1-4H3,(H,20,23). The van der Waals surface area contributed by atoms with Crippen LogP contribution in [0.4, 0.5) is 10.5 Å². The van der Waals surface area contributed by atoms with Gasteiger partial charge in [-0.25, -0.2) is 9.59 Å². The van der Waals surface area contributed by atoms with E-state index in [1.165, 1.54) is 13.3 Å². The van der Waals surface area contributed by atoms with Gasteiger partial charge >= 0.3 is 12.1 Å². The van der Waals surface area contributed by atoms with E-state index in [0.717, 1.165) is 23.0 Å². The topological polar surface area (TPSA) is 80.8 Å². The number of pyridine rings is 1. The highest BCUT2D eigenvalue weighted by atomic mass is 79.9. The minimum atomic E-state index is -0.512. The van der Waals surface area contributed by atoms with Gasteiger partial charge in [-0.15, -0.1) is 0 Å². The maximum absolute atomic E-state index is 12.0. The van der Waals surface area contributed by atoms with Crippen LogP contribution >= 0.6 is 15.9 Å². The Morgan fingerprint density at radius 1 is 1.28 bits per heavy atom. The van der Waals surface area contributed by atoms with E-state index in [0.29, 0.717) is 18.7 Å². The Hall–Kier alpha value is -1.83. The second kappa shape index (κ2) is 8.03. The lowest BCUT2D eigenvalue weighted by Crippen LogP contribution is -2.46. The molecule has 0 bridgehead atoms. The molecule has 1 N–H and O–H groups in total. The van der Waals surface area contributed by atoms with Crippen molar-refractivity contribution in [2.45, 2.75) is 45.3 Å². The summed E-state index contributed by atoms with van der Waals surface area (Å²) in [7, 11) is 1.35. The molecule has 0 radical (unpaired) electrons. The molecular weight excluding hydrogens is 390 g/mol. The van der Waals surface area contributed by atoms with Crippen LogP contribution in [-0.2, 0) is 9.47 Å². The molecule has 0 aromatic carbocycles. The first-order chi connectivity index (χ1) is 11.7. The first-order valence-electron chi connectivity index (χ1n) is 8.17. The normalized spacial score (nSPS) is 15.6. The van der Waals surface area contributed by atoms with E-state index in [-0.39, 0.29) is 6.04 Å². The first-order valence-corrected chi connectivity index (χ1v) is 8.97. The van der Waals surface area contributed by atoms with Crippen molar-refractivity contribution < 1.29 is 19.1 Å². The number of alkyl carbamates (subject to hydrolysis) is 1. The molecule has 1 fully saturated rings. The van der Waals surface area contributed by atoms with Crippen LogP contribution in [0.1, 0.15) is 44.0 Å². The number of piperidine rings is 1. The second-order valence-corrected chi connectivity index (χ2v) is 7.77. The molecule has 138 valence electrons. The Kier molecular flexibility index (Phi) is 6.26. The highest BCUT2D eigenvalue weighted by molar-refractivity contribution is 9.10. The van der Waals surface area contributed by atoms with Gasteiger partial charge in [0.05, 0.1) is 17.3 Å². The largest absolute Gasteiger partial charge is 0.465 e. The van der Waals surface area contributed by atoms with Gasteiger partial charge in [-0.2, -0.15) is 0 Å². The number of methoxy groups -OCH3 is 1. The number of nitrogens with one attached hydrogen (secondary N) is 1. The van der Waals surface area contributed by atoms with Gasteiger partial charge in [0.2, 0.25) is 0 Å². The molecule has 7 nitrogen and oxygen atoms in total. The van der Waals surface area contributed by atoms with E-state index >= 15 is 0 Å². The molecule has 0 unspecified atom stereocenters. The maximum atomic E-state index is 12.0. The Morgan fingerprint density at radius 3 is 2.48 bits per heavy atom. The summed E-state index contributed by atoms with van der Waals surface area (Å²) in [5, 5.41) is 2.91. The second-order valence-electron chi connectivity index (χ2n) is 6.92. The monoisotopic (exact) mass is 413 g/mol. The number of nitrogens with zero attached hydrogens (tertiary/aromatic N) is 2. The predicted octanol–water partition coefficient (Wildman–Crippen LogP) is 3.12. The zero-order chi connectivity index (χ0) is 18.6. The quantitative estimate of drug-likeness (QED) is 0.766. The molecule has 1 amide bonds. The molecule has 0 aliphatic carbocycles. The van der Waals surface area contributed by atoms with Gasteiger partial charge in [0.1, 0.15) is 11.2 Å². The number of amides is 1. The highest BCUT2D eigenvalue weighted by Crippen LogP contribution is 2.32. The van der Waals surface area contributed by atoms with Crippen molar-refractivity contribution in [3.8, 4) is 0 Å². The van der Waals surface area contributed by atoms with Gasteiger partial charge in [-0.3, -0.25) is 4.98 Å². The molecule has 1 aliphatic heterocycles. The average molecular weight is 414 g/mol. The van der Waals surface area contributed by atoms with E-state index in [1.54, 1.807) is 6.20 Å². The Balaban J connectivity index is 2.01. The minimum absolute atomic E-state index is 0.0493. The number of carbonyl (C=O) groups excluding carboxylic acids is 2. The molecule has 1 saturated heterocycles. The number of hydrogen-bond donors (Lipinski definition) is 1. The lowest BCUT2D eigenvalue weighted by Gasteiger charge is -2.35. The smallest absolute Gasteiger partial charge is 0.407 e. The number of halogens is 1. The first kappa shape index (κ1) is 19.5. The summed E-state index contributed by atoms with van der Waals surface area (Å²) in [6, 6.07) is 0.0493. The summed E-state index contributed by atoms with van der Waals surface area (Å²) in [4.78, 5) is 30.0. The number of esters is 1. The molecular formula is C17H24BrN3O4. The van der Waals surface area contributed by atoms with Gasteiger partial charge in [0.25, 0.3) is 0 Å². The number of carbonyl (C=O) groups is 2. The van der Waals surface area contributed by atoms with Crippen LogP contribution in [0.3, 0.4) is 0 Å². The van der Waals surface area contributed by atoms with Crippen molar-refractivity contribution in [1.82, 2.24) is 10.3 Å². The molecule has 2 rings (SSSR count). The summed E-state index contributed by atoms with van der Waals surface area (Å²) < 4.78 is 10.9. The molecule has 1 aliphatic rings. The van der Waals surface area contributed by atoms with Crippen molar-refractivity contribution in [1.29, 1.82) is 0 Å². The molecule has 0 atom stereocenters. The molecule has 1 aromatic rings. The molecule has 2 heterocycles. The number of ether oxygens (including phenoxy) is 2. The Labute approximate surface area is 156 Å². The number of hydrogen-bond acceptors (Lipinski definition) is 6. The summed E-state index contributed by atoms with van der Waals surface area (Å²) in [6.07, 6.45) is 4.29. The van der Waals surface area contributed by atoms with E-state index in [9.17, 15) is 9.59 Å². The van der Waals surface area contributed by atoms with E-state index in [2.05, 4.69) is 31.1 Å². The maximum Gasteiger partial charge on any atom is 0.407 e. The van der Waals surface area contributed by atoms with Gasteiger partial charge in [-0.05, 0) is 49.5 Å². The van der Waals surface area contributed by atoms with Crippen LogP contribution in [0.25, 0.3) is 0 Å². The SMILES string of the molecule is COC(=O)c1cncc(Br)c1N1CCC(NC(=O)OC(C)(C)C)CC1. The number of aromatic nitrogens is 1. The Bertz CT molecular complexity index is 637. The number of rotatable bonds is 3. The summed E-state index contributed by atoms with van der Waals surface area (Å²) >= 11 is 3.47. The lowest BCUT2D eigenvalue weighted by atomic mass is 10.0. The third kappa shape index (κ3) is 5.32. The predicted molar refractivity (Wildman–Crippen MR) is 97.9 cm³/mol. The summed E-state index contributed by atoms with van der Waals surface area (Å²) in [5.74, 6) is -0.419. The zero-order valence-electron chi connectivity index (χ0n) is 15.0. The van der Waals surface area contributed by atoms with Gasteiger partial charge in [-0.1, -0.05) is 0 Å². The van der Waals surface area contributed by atoms with Crippen molar-refractivity contribution in [3.63, 3.8) is 0 Å². The van der Waals surface area contributed by atoms with Crippen molar-refractivity contribution in [3.05, 3.63) is 22.4 Å². The van der Waals surface area contributed by atoms with Gasteiger partial charge in [0.15, 0.2) is 0 Å². The lowest BCUT2D eigenvalue weighted by molar-refractivity contribution is 0.0496. The van der Waals surface area contributed by atoms with Crippen molar-refractivity contribution in [2.24, 2.45) is 0 Å². The van der Waals surface area contributed by atoms with Crippen molar-refractivity contribution >= 4 is 33.7 Å². The zero-order valence-corrected chi connectivity index (χ0v) is 16.6. The average Bonchev–Trinajstić information content (AvgIpc) is 2.53.